The molecule has 0 fully saturated rings. The molecule has 0 radical (unpaired) electrons. The summed E-state index contributed by atoms with van der Waals surface area (Å²) in [5, 5.41) is 2.82. The fourth-order valence-corrected chi connectivity index (χ4v) is 2.22. The van der Waals surface area contributed by atoms with Gasteiger partial charge in [0, 0.05) is 12.6 Å². The summed E-state index contributed by atoms with van der Waals surface area (Å²) in [5.41, 5.74) is 2.04. The molecule has 0 saturated heterocycles. The van der Waals surface area contributed by atoms with Crippen molar-refractivity contribution in [3.63, 3.8) is 0 Å². The van der Waals surface area contributed by atoms with Crippen molar-refractivity contribution in [2.75, 3.05) is 13.6 Å². The zero-order chi connectivity index (χ0) is 13.9. The van der Waals surface area contributed by atoms with E-state index in [1.807, 2.05) is 20.8 Å². The molecule has 5 nitrogen and oxygen atoms in total. The van der Waals surface area contributed by atoms with Crippen LogP contribution in [-0.2, 0) is 4.79 Å². The summed E-state index contributed by atoms with van der Waals surface area (Å²) in [5.74, 6) is -0.334. The minimum absolute atomic E-state index is 0.0491. The second-order valence-electron chi connectivity index (χ2n) is 5.23. The SMILES string of the molecule is Cc1ncsc1C(=O)N(C)CC(=O)NC(C)(C)C. The standard InChI is InChI=1S/C12H19N3O2S/c1-8-10(18-7-13-8)11(17)15(5)6-9(16)14-12(2,3)4/h7H,6H2,1-5H3,(H,14,16). The summed E-state index contributed by atoms with van der Waals surface area (Å²) >= 11 is 1.29. The topological polar surface area (TPSA) is 62.3 Å². The average Bonchev–Trinajstić information content (AvgIpc) is 2.60. The van der Waals surface area contributed by atoms with Crippen LogP contribution in [0.3, 0.4) is 0 Å². The number of rotatable bonds is 3. The van der Waals surface area contributed by atoms with Gasteiger partial charge < -0.3 is 10.2 Å². The molecule has 1 aromatic rings. The second kappa shape index (κ2) is 5.48. The van der Waals surface area contributed by atoms with Gasteiger partial charge in [-0.25, -0.2) is 4.98 Å². The van der Waals surface area contributed by atoms with Gasteiger partial charge in [-0.2, -0.15) is 0 Å². The van der Waals surface area contributed by atoms with E-state index in [1.54, 1.807) is 19.5 Å². The zero-order valence-corrected chi connectivity index (χ0v) is 12.2. The number of hydrogen-bond acceptors (Lipinski definition) is 4. The molecule has 18 heavy (non-hydrogen) atoms. The molecule has 1 heterocycles. The van der Waals surface area contributed by atoms with Crippen molar-refractivity contribution in [2.24, 2.45) is 0 Å². The van der Waals surface area contributed by atoms with Crippen LogP contribution in [0.15, 0.2) is 5.51 Å². The first-order valence-corrected chi connectivity index (χ1v) is 6.55. The fraction of sp³-hybridized carbons (Fsp3) is 0.583. The average molecular weight is 269 g/mol. The third-order valence-electron chi connectivity index (χ3n) is 2.18. The predicted molar refractivity (Wildman–Crippen MR) is 71.7 cm³/mol. The number of aryl methyl sites for hydroxylation is 1. The minimum atomic E-state index is -0.290. The molecule has 0 spiro atoms. The van der Waals surface area contributed by atoms with Crippen LogP contribution < -0.4 is 5.32 Å². The van der Waals surface area contributed by atoms with Gasteiger partial charge in [0.25, 0.3) is 5.91 Å². The molecule has 1 aromatic heterocycles. The van der Waals surface area contributed by atoms with Crippen molar-refractivity contribution in [3.05, 3.63) is 16.1 Å². The van der Waals surface area contributed by atoms with Crippen LogP contribution in [0.25, 0.3) is 0 Å². The van der Waals surface area contributed by atoms with Gasteiger partial charge in [-0.1, -0.05) is 0 Å². The fourth-order valence-electron chi connectivity index (χ4n) is 1.43. The van der Waals surface area contributed by atoms with Gasteiger partial charge >= 0.3 is 0 Å². The number of likely N-dealkylation sites (N-methyl/N-ethyl adjacent to an activating group) is 1. The van der Waals surface area contributed by atoms with Gasteiger partial charge in [0.15, 0.2) is 0 Å². The summed E-state index contributed by atoms with van der Waals surface area (Å²) in [4.78, 5) is 29.8. The molecular formula is C12H19N3O2S. The Morgan fingerprint density at radius 1 is 1.44 bits per heavy atom. The third kappa shape index (κ3) is 4.10. The molecular weight excluding hydrogens is 250 g/mol. The highest BCUT2D eigenvalue weighted by molar-refractivity contribution is 7.11. The number of aromatic nitrogens is 1. The van der Waals surface area contributed by atoms with E-state index in [1.165, 1.54) is 16.2 Å². The molecule has 0 aliphatic heterocycles. The molecule has 0 unspecified atom stereocenters. The van der Waals surface area contributed by atoms with Crippen molar-refractivity contribution in [1.82, 2.24) is 15.2 Å². The van der Waals surface area contributed by atoms with Crippen molar-refractivity contribution >= 4 is 23.2 Å². The van der Waals surface area contributed by atoms with Crippen LogP contribution in [0.5, 0.6) is 0 Å². The van der Waals surface area contributed by atoms with Crippen LogP contribution in [0.2, 0.25) is 0 Å². The van der Waals surface area contributed by atoms with Gasteiger partial charge in [-0.05, 0) is 27.7 Å². The van der Waals surface area contributed by atoms with Crippen molar-refractivity contribution in [2.45, 2.75) is 33.2 Å². The first-order valence-electron chi connectivity index (χ1n) is 5.67. The van der Waals surface area contributed by atoms with Crippen molar-refractivity contribution in [1.29, 1.82) is 0 Å². The number of nitrogens with one attached hydrogen (secondary N) is 1. The van der Waals surface area contributed by atoms with E-state index in [9.17, 15) is 9.59 Å². The predicted octanol–water partition coefficient (Wildman–Crippen LogP) is 1.44. The first-order chi connectivity index (χ1) is 8.20. The smallest absolute Gasteiger partial charge is 0.266 e. The molecule has 1 N–H and O–H groups in total. The van der Waals surface area contributed by atoms with Crippen molar-refractivity contribution < 1.29 is 9.59 Å². The molecule has 0 aromatic carbocycles. The Balaban J connectivity index is 2.61. The van der Waals surface area contributed by atoms with E-state index >= 15 is 0 Å². The lowest BCUT2D eigenvalue weighted by atomic mass is 10.1. The van der Waals surface area contributed by atoms with E-state index in [4.69, 9.17) is 0 Å². The van der Waals surface area contributed by atoms with Gasteiger partial charge in [0.05, 0.1) is 17.7 Å². The third-order valence-corrected chi connectivity index (χ3v) is 3.10. The molecule has 0 bridgehead atoms. The highest BCUT2D eigenvalue weighted by Crippen LogP contribution is 2.14. The largest absolute Gasteiger partial charge is 0.350 e. The summed E-state index contributed by atoms with van der Waals surface area (Å²) in [6.45, 7) is 7.54. The van der Waals surface area contributed by atoms with Crippen LogP contribution in [0.1, 0.15) is 36.1 Å². The van der Waals surface area contributed by atoms with Crippen molar-refractivity contribution in [3.8, 4) is 0 Å². The lowest BCUT2D eigenvalue weighted by Crippen LogP contribution is -2.46. The van der Waals surface area contributed by atoms with Gasteiger partial charge in [-0.3, -0.25) is 9.59 Å². The van der Waals surface area contributed by atoms with E-state index in [-0.39, 0.29) is 23.9 Å². The Morgan fingerprint density at radius 2 is 2.06 bits per heavy atom. The van der Waals surface area contributed by atoms with Crippen LogP contribution in [-0.4, -0.2) is 40.8 Å². The van der Waals surface area contributed by atoms with E-state index in [2.05, 4.69) is 10.3 Å². The maximum atomic E-state index is 12.0. The normalized spacial score (nSPS) is 11.2. The molecule has 0 atom stereocenters. The highest BCUT2D eigenvalue weighted by Gasteiger charge is 2.20. The number of thiazole rings is 1. The Morgan fingerprint density at radius 3 is 2.50 bits per heavy atom. The first kappa shape index (κ1) is 14.6. The van der Waals surface area contributed by atoms with Crippen LogP contribution in [0, 0.1) is 6.92 Å². The van der Waals surface area contributed by atoms with Crippen LogP contribution in [0.4, 0.5) is 0 Å². The molecule has 0 aliphatic rings. The second-order valence-corrected chi connectivity index (χ2v) is 6.08. The van der Waals surface area contributed by atoms with E-state index < -0.39 is 0 Å². The maximum Gasteiger partial charge on any atom is 0.266 e. The Hall–Kier alpha value is -1.43. The number of amides is 2. The molecule has 100 valence electrons. The van der Waals surface area contributed by atoms with E-state index in [0.717, 1.165) is 0 Å². The highest BCUT2D eigenvalue weighted by atomic mass is 32.1. The summed E-state index contributed by atoms with van der Waals surface area (Å²) in [6.07, 6.45) is 0. The maximum absolute atomic E-state index is 12.0. The summed E-state index contributed by atoms with van der Waals surface area (Å²) in [6, 6.07) is 0. The number of nitrogens with zero attached hydrogens (tertiary/aromatic N) is 2. The Labute approximate surface area is 111 Å². The lowest BCUT2D eigenvalue weighted by molar-refractivity contribution is -0.122. The zero-order valence-electron chi connectivity index (χ0n) is 11.4. The van der Waals surface area contributed by atoms with Gasteiger partial charge in [-0.15, -0.1) is 11.3 Å². The number of carbonyl (C=O) groups is 2. The molecule has 2 amide bonds. The van der Waals surface area contributed by atoms with Crippen LogP contribution >= 0.6 is 11.3 Å². The summed E-state index contributed by atoms with van der Waals surface area (Å²) < 4.78 is 0. The molecule has 1 rings (SSSR count). The quantitative estimate of drug-likeness (QED) is 0.903. The Kier molecular flexibility index (Phi) is 4.45. The lowest BCUT2D eigenvalue weighted by Gasteiger charge is -2.23. The van der Waals surface area contributed by atoms with Gasteiger partial charge in [0.2, 0.25) is 5.91 Å². The summed E-state index contributed by atoms with van der Waals surface area (Å²) in [7, 11) is 1.61. The number of carbonyl (C=O) groups excluding carboxylic acids is 2. The monoisotopic (exact) mass is 269 g/mol. The Bertz CT molecular complexity index is 448. The van der Waals surface area contributed by atoms with Gasteiger partial charge in [0.1, 0.15) is 4.88 Å². The molecule has 6 heteroatoms. The molecule has 0 aliphatic carbocycles. The molecule has 0 saturated carbocycles. The number of hydrogen-bond donors (Lipinski definition) is 1. The van der Waals surface area contributed by atoms with E-state index in [0.29, 0.717) is 10.6 Å². The minimum Gasteiger partial charge on any atom is -0.350 e.